The Morgan fingerprint density at radius 2 is 1.94 bits per heavy atom. The van der Waals surface area contributed by atoms with Crippen LogP contribution in [0.15, 0.2) is 0 Å². The van der Waals surface area contributed by atoms with E-state index in [-0.39, 0.29) is 0 Å². The van der Waals surface area contributed by atoms with Crippen LogP contribution in [0.5, 0.6) is 0 Å². The Balaban J connectivity index is 1.60. The van der Waals surface area contributed by atoms with Crippen LogP contribution in [0, 0.1) is 5.92 Å². The highest BCUT2D eigenvalue weighted by Crippen LogP contribution is 2.36. The van der Waals surface area contributed by atoms with Crippen molar-refractivity contribution in [3.05, 3.63) is 0 Å². The molecule has 3 aliphatic rings. The molecule has 0 aromatic carbocycles. The first-order chi connectivity index (χ1) is 7.86. The first-order valence-electron chi connectivity index (χ1n) is 6.87. The molecule has 3 nitrogen and oxygen atoms in total. The van der Waals surface area contributed by atoms with Gasteiger partial charge in [0.15, 0.2) is 0 Å². The molecule has 0 amide bonds. The minimum absolute atomic E-state index is 0.772. The highest BCUT2D eigenvalue weighted by molar-refractivity contribution is 4.97. The fourth-order valence-electron chi connectivity index (χ4n) is 3.83. The molecule has 3 atom stereocenters. The van der Waals surface area contributed by atoms with Gasteiger partial charge in [0, 0.05) is 31.3 Å². The average molecular weight is 224 g/mol. The lowest BCUT2D eigenvalue weighted by molar-refractivity contribution is 0.0931. The van der Waals surface area contributed by atoms with Gasteiger partial charge in [-0.1, -0.05) is 0 Å². The van der Waals surface area contributed by atoms with Crippen LogP contribution in [0.25, 0.3) is 0 Å². The lowest BCUT2D eigenvalue weighted by Gasteiger charge is -2.40. The summed E-state index contributed by atoms with van der Waals surface area (Å²) in [7, 11) is 2.12. The summed E-state index contributed by atoms with van der Waals surface area (Å²) >= 11 is 0. The van der Waals surface area contributed by atoms with Gasteiger partial charge >= 0.3 is 0 Å². The second-order valence-corrected chi connectivity index (χ2v) is 5.77. The van der Waals surface area contributed by atoms with Crippen molar-refractivity contribution in [1.82, 2.24) is 10.2 Å². The fraction of sp³-hybridized carbons (Fsp3) is 1.00. The number of fused-ring (bicyclic) bond motifs is 2. The molecule has 2 bridgehead atoms. The van der Waals surface area contributed by atoms with Crippen molar-refractivity contribution < 1.29 is 4.74 Å². The number of rotatable bonds is 3. The molecule has 0 radical (unpaired) electrons. The largest absolute Gasteiger partial charge is 0.381 e. The monoisotopic (exact) mass is 224 g/mol. The Morgan fingerprint density at radius 3 is 2.50 bits per heavy atom. The van der Waals surface area contributed by atoms with Gasteiger partial charge in [0.2, 0.25) is 0 Å². The number of ether oxygens (including phenoxy) is 1. The molecule has 0 saturated carbocycles. The summed E-state index contributed by atoms with van der Waals surface area (Å²) in [6.07, 6.45) is 6.86. The van der Waals surface area contributed by atoms with E-state index in [1.165, 1.54) is 38.6 Å². The summed E-state index contributed by atoms with van der Waals surface area (Å²) in [6, 6.07) is 2.49. The van der Waals surface area contributed by atoms with Crippen LogP contribution >= 0.6 is 0 Å². The summed E-state index contributed by atoms with van der Waals surface area (Å²) in [5, 5.41) is 3.47. The van der Waals surface area contributed by atoms with Crippen LogP contribution in [0.1, 0.15) is 32.1 Å². The molecule has 0 aromatic rings. The van der Waals surface area contributed by atoms with Gasteiger partial charge in [0.25, 0.3) is 0 Å². The highest BCUT2D eigenvalue weighted by atomic mass is 16.5. The molecule has 3 unspecified atom stereocenters. The Labute approximate surface area is 98.5 Å². The van der Waals surface area contributed by atoms with Crippen LogP contribution < -0.4 is 5.32 Å². The van der Waals surface area contributed by atoms with E-state index in [2.05, 4.69) is 17.3 Å². The van der Waals surface area contributed by atoms with Crippen molar-refractivity contribution in [1.29, 1.82) is 0 Å². The van der Waals surface area contributed by atoms with E-state index in [1.807, 2.05) is 0 Å². The summed E-state index contributed by atoms with van der Waals surface area (Å²) in [4.78, 5) is 2.80. The SMILES string of the molecule is CNC1CC2CCC(C1)N2CC1CCOC1. The zero-order valence-corrected chi connectivity index (χ0v) is 10.3. The smallest absolute Gasteiger partial charge is 0.0507 e. The quantitative estimate of drug-likeness (QED) is 0.780. The van der Waals surface area contributed by atoms with Gasteiger partial charge in [0.05, 0.1) is 6.61 Å². The molecule has 92 valence electrons. The highest BCUT2D eigenvalue weighted by Gasteiger charge is 2.41. The number of piperidine rings is 1. The van der Waals surface area contributed by atoms with Crippen LogP contribution in [0.3, 0.4) is 0 Å². The molecule has 1 N–H and O–H groups in total. The molecule has 3 saturated heterocycles. The summed E-state index contributed by atoms with van der Waals surface area (Å²) in [5.41, 5.74) is 0. The topological polar surface area (TPSA) is 24.5 Å². The summed E-state index contributed by atoms with van der Waals surface area (Å²) in [6.45, 7) is 3.30. The van der Waals surface area contributed by atoms with Crippen molar-refractivity contribution in [3.63, 3.8) is 0 Å². The van der Waals surface area contributed by atoms with E-state index in [1.54, 1.807) is 0 Å². The van der Waals surface area contributed by atoms with E-state index in [0.29, 0.717) is 0 Å². The summed E-state index contributed by atoms with van der Waals surface area (Å²) < 4.78 is 5.49. The van der Waals surface area contributed by atoms with Gasteiger partial charge in [-0.3, -0.25) is 4.90 Å². The predicted octanol–water partition coefficient (Wildman–Crippen LogP) is 1.24. The normalized spacial score (nSPS) is 44.1. The van der Waals surface area contributed by atoms with Crippen LogP contribution in [-0.2, 0) is 4.74 Å². The Kier molecular flexibility index (Phi) is 3.18. The van der Waals surface area contributed by atoms with Crippen molar-refractivity contribution >= 4 is 0 Å². The van der Waals surface area contributed by atoms with E-state index in [9.17, 15) is 0 Å². The summed E-state index contributed by atoms with van der Waals surface area (Å²) in [5.74, 6) is 0.814. The predicted molar refractivity (Wildman–Crippen MR) is 64.5 cm³/mol. The lowest BCUT2D eigenvalue weighted by Crippen LogP contribution is -2.49. The van der Waals surface area contributed by atoms with Crippen molar-refractivity contribution in [2.24, 2.45) is 5.92 Å². The van der Waals surface area contributed by atoms with Crippen LogP contribution in [0.2, 0.25) is 0 Å². The third kappa shape index (κ3) is 2.01. The Bertz CT molecular complexity index is 226. The molecule has 0 aromatic heterocycles. The first-order valence-corrected chi connectivity index (χ1v) is 6.87. The van der Waals surface area contributed by atoms with Gasteiger partial charge in [-0.25, -0.2) is 0 Å². The van der Waals surface area contributed by atoms with Crippen molar-refractivity contribution in [2.75, 3.05) is 26.8 Å². The number of nitrogens with zero attached hydrogens (tertiary/aromatic N) is 1. The van der Waals surface area contributed by atoms with Crippen molar-refractivity contribution in [3.8, 4) is 0 Å². The van der Waals surface area contributed by atoms with Gasteiger partial charge in [0.1, 0.15) is 0 Å². The number of hydrogen-bond acceptors (Lipinski definition) is 3. The van der Waals surface area contributed by atoms with E-state index < -0.39 is 0 Å². The minimum Gasteiger partial charge on any atom is -0.381 e. The maximum atomic E-state index is 5.49. The molecular formula is C13H24N2O. The van der Waals surface area contributed by atoms with Crippen molar-refractivity contribution in [2.45, 2.75) is 50.2 Å². The molecule has 3 heterocycles. The van der Waals surface area contributed by atoms with Crippen LogP contribution in [-0.4, -0.2) is 49.8 Å². The van der Waals surface area contributed by atoms with E-state index >= 15 is 0 Å². The first kappa shape index (κ1) is 11.0. The van der Waals surface area contributed by atoms with Gasteiger partial charge in [-0.15, -0.1) is 0 Å². The molecule has 3 fully saturated rings. The van der Waals surface area contributed by atoms with Crippen LogP contribution in [0.4, 0.5) is 0 Å². The zero-order chi connectivity index (χ0) is 11.0. The molecule has 3 rings (SSSR count). The Morgan fingerprint density at radius 1 is 1.19 bits per heavy atom. The third-order valence-corrected chi connectivity index (χ3v) is 4.79. The third-order valence-electron chi connectivity index (χ3n) is 4.79. The molecule has 0 aliphatic carbocycles. The maximum Gasteiger partial charge on any atom is 0.0507 e. The van der Waals surface area contributed by atoms with E-state index in [4.69, 9.17) is 4.74 Å². The lowest BCUT2D eigenvalue weighted by atomic mass is 9.95. The second-order valence-electron chi connectivity index (χ2n) is 5.77. The maximum absolute atomic E-state index is 5.49. The number of hydrogen-bond donors (Lipinski definition) is 1. The number of nitrogens with one attached hydrogen (secondary N) is 1. The molecule has 16 heavy (non-hydrogen) atoms. The second kappa shape index (κ2) is 4.63. The van der Waals surface area contributed by atoms with Gasteiger partial charge in [-0.2, -0.15) is 0 Å². The molecule has 3 aliphatic heterocycles. The molecule has 0 spiro atoms. The van der Waals surface area contributed by atoms with Gasteiger partial charge in [-0.05, 0) is 45.1 Å². The Hall–Kier alpha value is -0.120. The standard InChI is InChI=1S/C13H24N2O/c1-14-11-6-12-2-3-13(7-11)15(12)8-10-4-5-16-9-10/h10-14H,2-9H2,1H3. The molecule has 3 heteroatoms. The van der Waals surface area contributed by atoms with E-state index in [0.717, 1.165) is 37.3 Å². The zero-order valence-electron chi connectivity index (χ0n) is 10.3. The average Bonchev–Trinajstić information content (AvgIpc) is 2.87. The molecular weight excluding hydrogens is 200 g/mol. The fourth-order valence-corrected chi connectivity index (χ4v) is 3.83. The minimum atomic E-state index is 0.772. The van der Waals surface area contributed by atoms with Gasteiger partial charge < -0.3 is 10.1 Å².